The van der Waals surface area contributed by atoms with Crippen LogP contribution in [0.25, 0.3) is 0 Å². The van der Waals surface area contributed by atoms with Crippen molar-refractivity contribution in [2.24, 2.45) is 5.73 Å². The average molecular weight is 307 g/mol. The van der Waals surface area contributed by atoms with E-state index in [0.29, 0.717) is 5.92 Å². The number of nitrogens with two attached hydrogens (primary N) is 1. The quantitative estimate of drug-likeness (QED) is 0.913. The number of aryl methyl sites for hydroxylation is 1. The summed E-state index contributed by atoms with van der Waals surface area (Å²) in [7, 11) is 0. The SMILES string of the molecule is Cc1nc(C2CCCC2)sc1C(=O)N1CCC(N)CC1C. The molecule has 2 aliphatic rings. The van der Waals surface area contributed by atoms with Crippen molar-refractivity contribution >= 4 is 17.2 Å². The Morgan fingerprint density at radius 1 is 1.33 bits per heavy atom. The van der Waals surface area contributed by atoms with Gasteiger partial charge in [0.05, 0.1) is 10.7 Å². The number of likely N-dealkylation sites (tertiary alicyclic amines) is 1. The molecule has 1 aliphatic heterocycles. The molecule has 0 spiro atoms. The minimum atomic E-state index is 0.161. The first kappa shape index (κ1) is 15.0. The maximum absolute atomic E-state index is 12.8. The van der Waals surface area contributed by atoms with Crippen molar-refractivity contribution in [1.82, 2.24) is 9.88 Å². The van der Waals surface area contributed by atoms with Crippen molar-refractivity contribution in [2.75, 3.05) is 6.54 Å². The van der Waals surface area contributed by atoms with Gasteiger partial charge in [-0.05, 0) is 39.5 Å². The molecule has 1 saturated carbocycles. The van der Waals surface area contributed by atoms with E-state index in [-0.39, 0.29) is 18.0 Å². The molecule has 1 amide bonds. The van der Waals surface area contributed by atoms with Crippen LogP contribution in [0.5, 0.6) is 0 Å². The summed E-state index contributed by atoms with van der Waals surface area (Å²) in [6.07, 6.45) is 6.87. The van der Waals surface area contributed by atoms with Gasteiger partial charge in [0.15, 0.2) is 0 Å². The van der Waals surface area contributed by atoms with Crippen LogP contribution in [0.3, 0.4) is 0 Å². The van der Waals surface area contributed by atoms with E-state index in [1.165, 1.54) is 30.7 Å². The standard InChI is InChI=1S/C16H25N3OS/c1-10-9-13(17)7-8-19(10)16(20)14-11(2)18-15(21-14)12-5-3-4-6-12/h10,12-13H,3-9,17H2,1-2H3. The van der Waals surface area contributed by atoms with Crippen LogP contribution in [-0.4, -0.2) is 34.4 Å². The number of carbonyl (C=O) groups excluding carboxylic acids is 1. The van der Waals surface area contributed by atoms with Gasteiger partial charge in [0.1, 0.15) is 4.88 Å². The lowest BCUT2D eigenvalue weighted by atomic mass is 9.99. The Bertz CT molecular complexity index is 522. The molecule has 5 heteroatoms. The molecule has 2 N–H and O–H groups in total. The fourth-order valence-corrected chi connectivity index (χ4v) is 4.80. The summed E-state index contributed by atoms with van der Waals surface area (Å²) in [6.45, 7) is 4.85. The Morgan fingerprint density at radius 2 is 2.05 bits per heavy atom. The van der Waals surface area contributed by atoms with E-state index in [1.807, 2.05) is 11.8 Å². The number of piperidine rings is 1. The zero-order chi connectivity index (χ0) is 15.0. The fraction of sp³-hybridized carbons (Fsp3) is 0.750. The lowest BCUT2D eigenvalue weighted by Crippen LogP contribution is -2.48. The van der Waals surface area contributed by atoms with Crippen molar-refractivity contribution in [2.45, 2.75) is 70.4 Å². The van der Waals surface area contributed by atoms with Gasteiger partial charge in [-0.3, -0.25) is 4.79 Å². The van der Waals surface area contributed by atoms with E-state index >= 15 is 0 Å². The van der Waals surface area contributed by atoms with Crippen molar-refractivity contribution in [3.63, 3.8) is 0 Å². The van der Waals surface area contributed by atoms with Gasteiger partial charge in [-0.1, -0.05) is 12.8 Å². The molecule has 2 fully saturated rings. The van der Waals surface area contributed by atoms with Crippen LogP contribution in [0.2, 0.25) is 0 Å². The minimum Gasteiger partial charge on any atom is -0.335 e. The summed E-state index contributed by atoms with van der Waals surface area (Å²) < 4.78 is 0. The largest absolute Gasteiger partial charge is 0.335 e. The Balaban J connectivity index is 1.78. The van der Waals surface area contributed by atoms with Gasteiger partial charge in [0.25, 0.3) is 5.91 Å². The molecule has 0 bridgehead atoms. The number of hydrogen-bond donors (Lipinski definition) is 1. The van der Waals surface area contributed by atoms with Crippen molar-refractivity contribution in [3.8, 4) is 0 Å². The lowest BCUT2D eigenvalue weighted by Gasteiger charge is -2.36. The molecule has 1 aliphatic carbocycles. The van der Waals surface area contributed by atoms with Crippen LogP contribution >= 0.6 is 11.3 Å². The smallest absolute Gasteiger partial charge is 0.266 e. The first-order valence-corrected chi connectivity index (χ1v) is 8.91. The predicted octanol–water partition coefficient (Wildman–Crippen LogP) is 3.06. The molecule has 3 rings (SSSR count). The first-order chi connectivity index (χ1) is 10.1. The van der Waals surface area contributed by atoms with Gasteiger partial charge < -0.3 is 10.6 Å². The molecule has 2 unspecified atom stereocenters. The number of rotatable bonds is 2. The fourth-order valence-electron chi connectivity index (χ4n) is 3.60. The summed E-state index contributed by atoms with van der Waals surface area (Å²) >= 11 is 1.63. The number of nitrogens with zero attached hydrogens (tertiary/aromatic N) is 2. The second kappa shape index (κ2) is 6.05. The highest BCUT2D eigenvalue weighted by Gasteiger charge is 2.31. The van der Waals surface area contributed by atoms with E-state index in [1.54, 1.807) is 11.3 Å². The van der Waals surface area contributed by atoms with Crippen LogP contribution in [0, 0.1) is 6.92 Å². The average Bonchev–Trinajstić information content (AvgIpc) is 3.07. The van der Waals surface area contributed by atoms with E-state index in [9.17, 15) is 4.79 Å². The molecule has 0 aromatic carbocycles. The van der Waals surface area contributed by atoms with E-state index < -0.39 is 0 Å². The second-order valence-electron chi connectivity index (χ2n) is 6.58. The zero-order valence-corrected chi connectivity index (χ0v) is 13.8. The summed E-state index contributed by atoms with van der Waals surface area (Å²) in [6, 6.07) is 0.471. The van der Waals surface area contributed by atoms with Gasteiger partial charge in [-0.15, -0.1) is 11.3 Å². The number of aromatic nitrogens is 1. The third kappa shape index (κ3) is 2.99. The highest BCUT2D eigenvalue weighted by molar-refractivity contribution is 7.13. The van der Waals surface area contributed by atoms with Crippen LogP contribution in [0.4, 0.5) is 0 Å². The molecule has 21 heavy (non-hydrogen) atoms. The van der Waals surface area contributed by atoms with Crippen LogP contribution in [-0.2, 0) is 0 Å². The summed E-state index contributed by atoms with van der Waals surface area (Å²) in [5.41, 5.74) is 6.91. The Labute approximate surface area is 130 Å². The van der Waals surface area contributed by atoms with Gasteiger partial charge >= 0.3 is 0 Å². The number of thiazole rings is 1. The molecule has 0 radical (unpaired) electrons. The highest BCUT2D eigenvalue weighted by Crippen LogP contribution is 2.37. The molecule has 2 heterocycles. The summed E-state index contributed by atoms with van der Waals surface area (Å²) in [5.74, 6) is 0.746. The van der Waals surface area contributed by atoms with Gasteiger partial charge in [-0.2, -0.15) is 0 Å². The van der Waals surface area contributed by atoms with Crippen molar-refractivity contribution in [1.29, 1.82) is 0 Å². The normalized spacial score (nSPS) is 27.3. The Hall–Kier alpha value is -0.940. The Morgan fingerprint density at radius 3 is 2.71 bits per heavy atom. The molecule has 1 saturated heterocycles. The van der Waals surface area contributed by atoms with E-state index in [0.717, 1.165) is 30.0 Å². The van der Waals surface area contributed by atoms with Gasteiger partial charge in [0, 0.05) is 24.5 Å². The van der Waals surface area contributed by atoms with Crippen LogP contribution in [0.15, 0.2) is 0 Å². The topological polar surface area (TPSA) is 59.2 Å². The van der Waals surface area contributed by atoms with Crippen molar-refractivity contribution < 1.29 is 4.79 Å². The highest BCUT2D eigenvalue weighted by atomic mass is 32.1. The summed E-state index contributed by atoms with van der Waals surface area (Å²) in [5, 5.41) is 1.18. The molecule has 1 aromatic heterocycles. The molecule has 1 aromatic rings. The van der Waals surface area contributed by atoms with Gasteiger partial charge in [-0.25, -0.2) is 4.98 Å². The second-order valence-corrected chi connectivity index (χ2v) is 7.61. The predicted molar refractivity (Wildman–Crippen MR) is 85.8 cm³/mol. The maximum atomic E-state index is 12.8. The minimum absolute atomic E-state index is 0.161. The molecule has 116 valence electrons. The third-order valence-electron chi connectivity index (χ3n) is 4.89. The maximum Gasteiger partial charge on any atom is 0.266 e. The molecular formula is C16H25N3OS. The lowest BCUT2D eigenvalue weighted by molar-refractivity contribution is 0.0623. The number of hydrogen-bond acceptors (Lipinski definition) is 4. The van der Waals surface area contributed by atoms with Gasteiger partial charge in [0.2, 0.25) is 0 Å². The molecular weight excluding hydrogens is 282 g/mol. The monoisotopic (exact) mass is 307 g/mol. The number of amides is 1. The Kier molecular flexibility index (Phi) is 4.31. The van der Waals surface area contributed by atoms with E-state index in [4.69, 9.17) is 10.7 Å². The van der Waals surface area contributed by atoms with Crippen LogP contribution in [0.1, 0.15) is 71.7 Å². The van der Waals surface area contributed by atoms with E-state index in [2.05, 4.69) is 6.92 Å². The number of carbonyl (C=O) groups is 1. The zero-order valence-electron chi connectivity index (χ0n) is 13.0. The third-order valence-corrected chi connectivity index (χ3v) is 6.20. The van der Waals surface area contributed by atoms with Crippen LogP contribution < -0.4 is 5.73 Å². The first-order valence-electron chi connectivity index (χ1n) is 8.10. The molecule has 2 atom stereocenters. The summed E-state index contributed by atoms with van der Waals surface area (Å²) in [4.78, 5) is 20.4. The van der Waals surface area contributed by atoms with Crippen molar-refractivity contribution in [3.05, 3.63) is 15.6 Å². The molecule has 4 nitrogen and oxygen atoms in total.